The first-order valence-corrected chi connectivity index (χ1v) is 9.80. The van der Waals surface area contributed by atoms with Crippen LogP contribution in [-0.2, 0) is 4.75 Å². The Morgan fingerprint density at radius 1 is 1.00 bits per heavy atom. The molecule has 1 saturated heterocycles. The molecular weight excluding hydrogens is 329 g/mol. The van der Waals surface area contributed by atoms with Gasteiger partial charge in [0.05, 0.1) is 4.75 Å². The van der Waals surface area contributed by atoms with Crippen molar-refractivity contribution in [1.82, 2.24) is 5.32 Å². The van der Waals surface area contributed by atoms with Crippen LogP contribution in [0.4, 0.5) is 4.39 Å². The Morgan fingerprint density at radius 2 is 1.64 bits per heavy atom. The predicted molar refractivity (Wildman–Crippen MR) is 105 cm³/mol. The van der Waals surface area contributed by atoms with Crippen molar-refractivity contribution >= 4 is 17.3 Å². The second kappa shape index (κ2) is 6.30. The van der Waals surface area contributed by atoms with Crippen LogP contribution < -0.4 is 5.32 Å². The fourth-order valence-corrected chi connectivity index (χ4v) is 5.63. The number of rotatable bonds is 1. The van der Waals surface area contributed by atoms with Gasteiger partial charge < -0.3 is 5.32 Å². The van der Waals surface area contributed by atoms with Crippen molar-refractivity contribution in [2.45, 2.75) is 43.3 Å². The molecule has 130 valence electrons. The fourth-order valence-electron chi connectivity index (χ4n) is 4.07. The molecule has 1 unspecified atom stereocenters. The van der Waals surface area contributed by atoms with E-state index >= 15 is 0 Å². The van der Waals surface area contributed by atoms with Gasteiger partial charge in [-0.25, -0.2) is 4.39 Å². The van der Waals surface area contributed by atoms with E-state index in [0.717, 1.165) is 25.9 Å². The molecule has 1 N–H and O–H groups in total. The minimum absolute atomic E-state index is 0.150. The molecule has 0 amide bonds. The van der Waals surface area contributed by atoms with E-state index in [2.05, 4.69) is 38.2 Å². The molecule has 0 aliphatic carbocycles. The van der Waals surface area contributed by atoms with E-state index < -0.39 is 0 Å². The van der Waals surface area contributed by atoms with Gasteiger partial charge in [0.2, 0.25) is 0 Å². The number of nitrogens with one attached hydrogen (secondary N) is 1. The lowest BCUT2D eigenvalue weighted by molar-refractivity contribution is 0.607. The maximum absolute atomic E-state index is 13.5. The lowest BCUT2D eigenvalue weighted by atomic mass is 9.81. The minimum Gasteiger partial charge on any atom is -0.316 e. The first-order chi connectivity index (χ1) is 12.0. The van der Waals surface area contributed by atoms with Gasteiger partial charge in [0.15, 0.2) is 0 Å². The van der Waals surface area contributed by atoms with Gasteiger partial charge in [-0.1, -0.05) is 23.8 Å². The third-order valence-electron chi connectivity index (χ3n) is 5.61. The Balaban J connectivity index is 1.93. The summed E-state index contributed by atoms with van der Waals surface area (Å²) in [5.41, 5.74) is 8.27. The molecule has 0 spiro atoms. The second-order valence-electron chi connectivity index (χ2n) is 7.30. The van der Waals surface area contributed by atoms with E-state index in [4.69, 9.17) is 0 Å². The van der Waals surface area contributed by atoms with E-state index in [1.54, 1.807) is 17.7 Å². The van der Waals surface area contributed by atoms with Gasteiger partial charge in [-0.05, 0) is 92.7 Å². The Hall–Kier alpha value is -1.58. The fraction of sp³-hybridized carbons (Fsp3) is 0.364. The van der Waals surface area contributed by atoms with Crippen molar-refractivity contribution in [1.29, 1.82) is 0 Å². The summed E-state index contributed by atoms with van der Waals surface area (Å²) in [7, 11) is 0. The normalized spacial score (nSPS) is 23.0. The Bertz CT molecular complexity index is 845. The predicted octanol–water partition coefficient (Wildman–Crippen LogP) is 5.60. The van der Waals surface area contributed by atoms with Crippen LogP contribution >= 0.6 is 11.8 Å². The molecule has 1 fully saturated rings. The summed E-state index contributed by atoms with van der Waals surface area (Å²) < 4.78 is 13.3. The van der Waals surface area contributed by atoms with Crippen molar-refractivity contribution in [2.75, 3.05) is 13.1 Å². The molecule has 0 aromatic heterocycles. The molecular formula is C22H24FNS. The Morgan fingerprint density at radius 3 is 2.32 bits per heavy atom. The average molecular weight is 354 g/mol. The molecule has 2 heterocycles. The van der Waals surface area contributed by atoms with Crippen molar-refractivity contribution in [2.24, 2.45) is 0 Å². The monoisotopic (exact) mass is 353 g/mol. The first-order valence-electron chi connectivity index (χ1n) is 8.99. The summed E-state index contributed by atoms with van der Waals surface area (Å²) >= 11 is 1.92. The smallest absolute Gasteiger partial charge is 0.123 e. The number of piperidine rings is 1. The molecule has 3 heteroatoms. The quantitative estimate of drug-likeness (QED) is 0.716. The topological polar surface area (TPSA) is 12.0 Å². The summed E-state index contributed by atoms with van der Waals surface area (Å²) in [4.78, 5) is 1.36. The lowest BCUT2D eigenvalue weighted by Gasteiger charge is -2.30. The Kier molecular flexibility index (Phi) is 4.25. The summed E-state index contributed by atoms with van der Waals surface area (Å²) in [6.07, 6.45) is 2.19. The molecule has 4 rings (SSSR count). The highest BCUT2D eigenvalue weighted by atomic mass is 32.2. The summed E-state index contributed by atoms with van der Waals surface area (Å²) in [6, 6.07) is 11.8. The highest BCUT2D eigenvalue weighted by molar-refractivity contribution is 8.01. The van der Waals surface area contributed by atoms with Gasteiger partial charge in [-0.15, -0.1) is 11.8 Å². The van der Waals surface area contributed by atoms with Gasteiger partial charge in [-0.3, -0.25) is 0 Å². The summed E-state index contributed by atoms with van der Waals surface area (Å²) in [5.74, 6) is -0.171. The summed E-state index contributed by atoms with van der Waals surface area (Å²) in [6.45, 7) is 8.77. The van der Waals surface area contributed by atoms with Crippen LogP contribution in [0.2, 0.25) is 0 Å². The average Bonchev–Trinajstić information content (AvgIpc) is 2.89. The van der Waals surface area contributed by atoms with Gasteiger partial charge in [0.25, 0.3) is 0 Å². The molecule has 1 atom stereocenters. The van der Waals surface area contributed by atoms with E-state index in [1.165, 1.54) is 32.7 Å². The molecule has 2 aliphatic rings. The molecule has 0 radical (unpaired) electrons. The highest BCUT2D eigenvalue weighted by Crippen LogP contribution is 2.60. The maximum Gasteiger partial charge on any atom is 0.123 e. The van der Waals surface area contributed by atoms with E-state index in [1.807, 2.05) is 23.9 Å². The number of aryl methyl sites for hydroxylation is 2. The van der Waals surface area contributed by atoms with Crippen LogP contribution in [-0.4, -0.2) is 13.1 Å². The van der Waals surface area contributed by atoms with Gasteiger partial charge >= 0.3 is 0 Å². The van der Waals surface area contributed by atoms with Gasteiger partial charge in [0.1, 0.15) is 5.82 Å². The number of fused-ring (bicyclic) bond motifs is 1. The van der Waals surface area contributed by atoms with E-state index in [9.17, 15) is 4.39 Å². The van der Waals surface area contributed by atoms with Gasteiger partial charge in [-0.2, -0.15) is 0 Å². The SMILES string of the molecule is Cc1cc2c(cc1C)C(=C1CCNCC1)C(C)(c1ccc(F)cc1)S2. The van der Waals surface area contributed by atoms with Crippen LogP contribution in [0, 0.1) is 19.7 Å². The third kappa shape index (κ3) is 2.84. The number of halogens is 1. The maximum atomic E-state index is 13.5. The van der Waals surface area contributed by atoms with Crippen molar-refractivity contribution in [3.63, 3.8) is 0 Å². The molecule has 2 aromatic rings. The molecule has 0 saturated carbocycles. The standard InChI is InChI=1S/C22H24FNS/c1-14-12-19-20(13-15(14)2)25-22(3,17-4-6-18(23)7-5-17)21(19)16-8-10-24-11-9-16/h4-7,12-13,24H,8-11H2,1-3H3. The number of benzene rings is 2. The summed E-state index contributed by atoms with van der Waals surface area (Å²) in [5, 5.41) is 3.47. The first kappa shape index (κ1) is 16.9. The second-order valence-corrected chi connectivity index (χ2v) is 8.76. The van der Waals surface area contributed by atoms with Crippen molar-refractivity contribution in [3.05, 3.63) is 70.0 Å². The zero-order chi connectivity index (χ0) is 17.6. The van der Waals surface area contributed by atoms with E-state index in [-0.39, 0.29) is 10.6 Å². The molecule has 0 bridgehead atoms. The highest BCUT2D eigenvalue weighted by Gasteiger charge is 2.42. The number of hydrogen-bond donors (Lipinski definition) is 1. The minimum atomic E-state index is -0.171. The molecule has 2 aliphatic heterocycles. The van der Waals surface area contributed by atoms with Crippen molar-refractivity contribution in [3.8, 4) is 0 Å². The third-order valence-corrected chi connectivity index (χ3v) is 7.02. The van der Waals surface area contributed by atoms with E-state index in [0.29, 0.717) is 0 Å². The number of hydrogen-bond acceptors (Lipinski definition) is 2. The Labute approximate surface area is 153 Å². The largest absolute Gasteiger partial charge is 0.316 e. The zero-order valence-electron chi connectivity index (χ0n) is 15.1. The number of thioether (sulfide) groups is 1. The molecule has 1 nitrogen and oxygen atoms in total. The van der Waals surface area contributed by atoms with Crippen LogP contribution in [0.5, 0.6) is 0 Å². The van der Waals surface area contributed by atoms with Crippen LogP contribution in [0.1, 0.15) is 42.0 Å². The van der Waals surface area contributed by atoms with Crippen LogP contribution in [0.3, 0.4) is 0 Å². The van der Waals surface area contributed by atoms with Crippen LogP contribution in [0.25, 0.3) is 5.57 Å². The molecule has 25 heavy (non-hydrogen) atoms. The van der Waals surface area contributed by atoms with Crippen LogP contribution in [0.15, 0.2) is 46.9 Å². The zero-order valence-corrected chi connectivity index (χ0v) is 15.9. The molecule has 2 aromatic carbocycles. The lowest BCUT2D eigenvalue weighted by Crippen LogP contribution is -2.26. The van der Waals surface area contributed by atoms with Gasteiger partial charge in [0, 0.05) is 4.90 Å². The van der Waals surface area contributed by atoms with Crippen molar-refractivity contribution < 1.29 is 4.39 Å².